The maximum absolute atomic E-state index is 12.3. The Kier molecular flexibility index (Phi) is 3.39. The zero-order valence-electron chi connectivity index (χ0n) is 11.0. The van der Waals surface area contributed by atoms with Gasteiger partial charge in [-0.3, -0.25) is 9.59 Å². The van der Waals surface area contributed by atoms with Crippen molar-refractivity contribution in [3.8, 4) is 0 Å². The van der Waals surface area contributed by atoms with Gasteiger partial charge >= 0.3 is 5.97 Å². The number of likely N-dealkylation sites (tertiary alicyclic amines) is 1. The minimum atomic E-state index is -0.841. The van der Waals surface area contributed by atoms with E-state index in [0.717, 1.165) is 13.1 Å². The van der Waals surface area contributed by atoms with Gasteiger partial charge in [-0.15, -0.1) is 5.10 Å². The summed E-state index contributed by atoms with van der Waals surface area (Å²) in [7, 11) is 0. The van der Waals surface area contributed by atoms with Gasteiger partial charge < -0.3 is 15.3 Å². The van der Waals surface area contributed by atoms with Gasteiger partial charge in [-0.2, -0.15) is 0 Å². The van der Waals surface area contributed by atoms with Gasteiger partial charge in [0.1, 0.15) is 0 Å². The second-order valence-corrected chi connectivity index (χ2v) is 5.32. The molecule has 3 heterocycles. The second-order valence-electron chi connectivity index (χ2n) is 5.32. The van der Waals surface area contributed by atoms with Gasteiger partial charge in [0.05, 0.1) is 18.2 Å². The largest absolute Gasteiger partial charge is 0.481 e. The third kappa shape index (κ3) is 2.38. The molecule has 1 amide bonds. The van der Waals surface area contributed by atoms with E-state index in [1.807, 2.05) is 0 Å². The van der Waals surface area contributed by atoms with Crippen molar-refractivity contribution in [3.63, 3.8) is 0 Å². The number of amides is 1. The molecule has 2 fully saturated rings. The predicted molar refractivity (Wildman–Crippen MR) is 68.2 cm³/mol. The lowest BCUT2D eigenvalue weighted by Crippen LogP contribution is -2.43. The van der Waals surface area contributed by atoms with Gasteiger partial charge in [-0.25, -0.2) is 4.68 Å². The first-order valence-electron chi connectivity index (χ1n) is 6.80. The SMILES string of the molecule is O=C(O)[C@H]1CCCN(C(=O)c2cn(C3CNC3)nn2)C1. The summed E-state index contributed by atoms with van der Waals surface area (Å²) in [5, 5.41) is 20.1. The van der Waals surface area contributed by atoms with Crippen LogP contribution in [0.15, 0.2) is 6.20 Å². The van der Waals surface area contributed by atoms with Gasteiger partial charge in [0, 0.05) is 26.2 Å². The minimum absolute atomic E-state index is 0.227. The maximum atomic E-state index is 12.3. The van der Waals surface area contributed by atoms with Crippen molar-refractivity contribution in [3.05, 3.63) is 11.9 Å². The van der Waals surface area contributed by atoms with Crippen molar-refractivity contribution >= 4 is 11.9 Å². The van der Waals surface area contributed by atoms with Crippen LogP contribution in [0.1, 0.15) is 29.4 Å². The number of hydrogen-bond donors (Lipinski definition) is 2. The summed E-state index contributed by atoms with van der Waals surface area (Å²) in [4.78, 5) is 24.9. The van der Waals surface area contributed by atoms with Crippen LogP contribution < -0.4 is 5.32 Å². The average Bonchev–Trinajstić information content (AvgIpc) is 2.85. The quantitative estimate of drug-likeness (QED) is 0.763. The standard InChI is InChI=1S/C12H17N5O3/c18-11(16-3-1-2-8(6-16)12(19)20)10-7-17(15-14-10)9-4-13-5-9/h7-9,13H,1-6H2,(H,19,20)/t8-/m0/s1. The van der Waals surface area contributed by atoms with E-state index in [0.29, 0.717) is 25.1 Å². The van der Waals surface area contributed by atoms with Gasteiger partial charge in [0.15, 0.2) is 5.69 Å². The lowest BCUT2D eigenvalue weighted by molar-refractivity contribution is -0.143. The number of aromatic nitrogens is 3. The normalized spacial score (nSPS) is 23.4. The number of nitrogens with zero attached hydrogens (tertiary/aromatic N) is 4. The number of hydrogen-bond acceptors (Lipinski definition) is 5. The average molecular weight is 279 g/mol. The van der Waals surface area contributed by atoms with Crippen LogP contribution >= 0.6 is 0 Å². The predicted octanol–water partition coefficient (Wildman–Crippen LogP) is -0.641. The molecule has 3 rings (SSSR count). The Morgan fingerprint density at radius 1 is 1.40 bits per heavy atom. The molecule has 20 heavy (non-hydrogen) atoms. The highest BCUT2D eigenvalue weighted by molar-refractivity contribution is 5.92. The number of carbonyl (C=O) groups is 2. The van der Waals surface area contributed by atoms with Crippen LogP contribution in [0.25, 0.3) is 0 Å². The Labute approximate surface area is 115 Å². The van der Waals surface area contributed by atoms with E-state index in [1.165, 1.54) is 0 Å². The van der Waals surface area contributed by atoms with Crippen molar-refractivity contribution in [2.45, 2.75) is 18.9 Å². The summed E-state index contributed by atoms with van der Waals surface area (Å²) in [6, 6.07) is 0.261. The van der Waals surface area contributed by atoms with Gasteiger partial charge in [-0.05, 0) is 12.8 Å². The Morgan fingerprint density at radius 2 is 2.20 bits per heavy atom. The zero-order chi connectivity index (χ0) is 14.1. The van der Waals surface area contributed by atoms with Crippen LogP contribution in [0.4, 0.5) is 0 Å². The molecular formula is C12H17N5O3. The molecule has 0 saturated carbocycles. The maximum Gasteiger partial charge on any atom is 0.308 e. The van der Waals surface area contributed by atoms with E-state index in [-0.39, 0.29) is 18.5 Å². The molecule has 2 aliphatic heterocycles. The molecule has 0 unspecified atom stereocenters. The zero-order valence-corrected chi connectivity index (χ0v) is 11.0. The van der Waals surface area contributed by atoms with Crippen molar-refractivity contribution in [1.82, 2.24) is 25.2 Å². The van der Waals surface area contributed by atoms with E-state index in [1.54, 1.807) is 15.8 Å². The Hall–Kier alpha value is -1.96. The van der Waals surface area contributed by atoms with Crippen LogP contribution in [-0.2, 0) is 4.79 Å². The Bertz CT molecular complexity index is 525. The summed E-state index contributed by atoms with van der Waals surface area (Å²) in [5.41, 5.74) is 0.294. The van der Waals surface area contributed by atoms with Crippen LogP contribution in [0.5, 0.6) is 0 Å². The molecule has 2 saturated heterocycles. The summed E-state index contributed by atoms with van der Waals surface area (Å²) < 4.78 is 1.70. The highest BCUT2D eigenvalue weighted by atomic mass is 16.4. The van der Waals surface area contributed by atoms with E-state index in [2.05, 4.69) is 15.6 Å². The molecule has 0 bridgehead atoms. The molecule has 108 valence electrons. The first-order chi connectivity index (χ1) is 9.65. The molecule has 0 aromatic carbocycles. The Morgan fingerprint density at radius 3 is 2.85 bits per heavy atom. The van der Waals surface area contributed by atoms with E-state index in [4.69, 9.17) is 5.11 Å². The number of carboxylic acid groups (broad SMARTS) is 1. The summed E-state index contributed by atoms with van der Waals surface area (Å²) in [5.74, 6) is -1.54. The number of carboxylic acids is 1. The fraction of sp³-hybridized carbons (Fsp3) is 0.667. The molecule has 0 spiro atoms. The molecule has 2 N–H and O–H groups in total. The third-order valence-corrected chi connectivity index (χ3v) is 3.92. The van der Waals surface area contributed by atoms with Crippen molar-refractivity contribution in [2.75, 3.05) is 26.2 Å². The summed E-state index contributed by atoms with van der Waals surface area (Å²) in [6.45, 7) is 2.51. The van der Waals surface area contributed by atoms with E-state index < -0.39 is 11.9 Å². The van der Waals surface area contributed by atoms with E-state index >= 15 is 0 Å². The minimum Gasteiger partial charge on any atom is -0.481 e. The highest BCUT2D eigenvalue weighted by Crippen LogP contribution is 2.18. The third-order valence-electron chi connectivity index (χ3n) is 3.92. The van der Waals surface area contributed by atoms with Crippen LogP contribution in [0.3, 0.4) is 0 Å². The number of carbonyl (C=O) groups excluding carboxylic acids is 1. The number of rotatable bonds is 3. The van der Waals surface area contributed by atoms with Crippen LogP contribution in [0, 0.1) is 5.92 Å². The molecule has 8 heteroatoms. The van der Waals surface area contributed by atoms with Crippen molar-refractivity contribution in [1.29, 1.82) is 0 Å². The topological polar surface area (TPSA) is 100 Å². The van der Waals surface area contributed by atoms with Gasteiger partial charge in [0.2, 0.25) is 0 Å². The fourth-order valence-corrected chi connectivity index (χ4v) is 2.54. The van der Waals surface area contributed by atoms with Gasteiger partial charge in [0.25, 0.3) is 5.91 Å². The number of nitrogens with one attached hydrogen (secondary N) is 1. The Balaban J connectivity index is 1.68. The van der Waals surface area contributed by atoms with Crippen molar-refractivity contribution < 1.29 is 14.7 Å². The molecule has 1 aromatic heterocycles. The van der Waals surface area contributed by atoms with Crippen LogP contribution in [-0.4, -0.2) is 63.1 Å². The molecule has 0 aliphatic carbocycles. The summed E-state index contributed by atoms with van der Waals surface area (Å²) >= 11 is 0. The second kappa shape index (κ2) is 5.20. The smallest absolute Gasteiger partial charge is 0.308 e. The first kappa shape index (κ1) is 13.0. The molecular weight excluding hydrogens is 262 g/mol. The monoisotopic (exact) mass is 279 g/mol. The summed E-state index contributed by atoms with van der Waals surface area (Å²) in [6.07, 6.45) is 2.99. The number of aliphatic carboxylic acids is 1. The first-order valence-corrected chi connectivity index (χ1v) is 6.80. The molecule has 1 aromatic rings. The molecule has 2 aliphatic rings. The van der Waals surface area contributed by atoms with Crippen molar-refractivity contribution in [2.24, 2.45) is 5.92 Å². The van der Waals surface area contributed by atoms with Crippen LogP contribution in [0.2, 0.25) is 0 Å². The molecule has 8 nitrogen and oxygen atoms in total. The fourth-order valence-electron chi connectivity index (χ4n) is 2.54. The molecule has 0 radical (unpaired) electrons. The molecule has 1 atom stereocenters. The lowest BCUT2D eigenvalue weighted by atomic mass is 9.98. The van der Waals surface area contributed by atoms with Gasteiger partial charge in [-0.1, -0.05) is 5.21 Å². The van der Waals surface area contributed by atoms with E-state index in [9.17, 15) is 9.59 Å². The lowest BCUT2D eigenvalue weighted by Gasteiger charge is -2.30. The number of piperidine rings is 1. The highest BCUT2D eigenvalue weighted by Gasteiger charge is 2.30.